The molecule has 0 radical (unpaired) electrons. The molecule has 1 amide bonds. The van der Waals surface area contributed by atoms with Crippen molar-refractivity contribution >= 4 is 11.6 Å². The van der Waals surface area contributed by atoms with Gasteiger partial charge >= 0.3 is 0 Å². The van der Waals surface area contributed by atoms with E-state index in [0.29, 0.717) is 48.0 Å². The summed E-state index contributed by atoms with van der Waals surface area (Å²) in [5.74, 6) is 6.89. The van der Waals surface area contributed by atoms with Crippen molar-refractivity contribution in [3.63, 3.8) is 0 Å². The van der Waals surface area contributed by atoms with Gasteiger partial charge in [-0.15, -0.1) is 16.1 Å². The molecule has 2 unspecified atom stereocenters. The summed E-state index contributed by atoms with van der Waals surface area (Å²) in [5.41, 5.74) is 5.25. The van der Waals surface area contributed by atoms with Crippen molar-refractivity contribution in [2.24, 2.45) is 0 Å². The predicted molar refractivity (Wildman–Crippen MR) is 180 cm³/mol. The molecule has 4 aromatic rings. The third-order valence-electron chi connectivity index (χ3n) is 8.30. The van der Waals surface area contributed by atoms with Crippen molar-refractivity contribution in [3.8, 4) is 40.5 Å². The number of aromatic nitrogens is 2. The lowest BCUT2D eigenvalue weighted by Crippen LogP contribution is -2.34. The van der Waals surface area contributed by atoms with Gasteiger partial charge < -0.3 is 19.4 Å². The Bertz CT molecular complexity index is 1720. The maximum absolute atomic E-state index is 13.7. The number of amides is 1. The largest absolute Gasteiger partial charge is 0.421 e. The summed E-state index contributed by atoms with van der Waals surface area (Å²) in [6, 6.07) is 24.0. The molecule has 3 aromatic carbocycles. The van der Waals surface area contributed by atoms with Gasteiger partial charge in [-0.05, 0) is 74.4 Å². The topological polar surface area (TPSA) is 104 Å². The molecule has 2 saturated heterocycles. The van der Waals surface area contributed by atoms with Crippen LogP contribution in [0.25, 0.3) is 22.6 Å². The van der Waals surface area contributed by atoms with Gasteiger partial charge in [-0.25, -0.2) is 0 Å². The van der Waals surface area contributed by atoms with E-state index in [1.807, 2.05) is 48.2 Å². The van der Waals surface area contributed by atoms with Gasteiger partial charge in [0.05, 0.1) is 23.4 Å². The van der Waals surface area contributed by atoms with Gasteiger partial charge in [-0.1, -0.05) is 62.2 Å². The Morgan fingerprint density at radius 3 is 2.50 bits per heavy atom. The van der Waals surface area contributed by atoms with Crippen LogP contribution in [-0.2, 0) is 17.6 Å². The molecule has 46 heavy (non-hydrogen) atoms. The Hall–Kier alpha value is -4.92. The van der Waals surface area contributed by atoms with Crippen molar-refractivity contribution < 1.29 is 13.9 Å². The Kier molecular flexibility index (Phi) is 11.2. The van der Waals surface area contributed by atoms with E-state index in [2.05, 4.69) is 64.6 Å². The monoisotopic (exact) mass is 615 g/mol. The maximum Gasteiger partial charge on any atom is 0.254 e. The number of benzene rings is 3. The fourth-order valence-corrected chi connectivity index (χ4v) is 5.84. The summed E-state index contributed by atoms with van der Waals surface area (Å²) in [6.07, 6.45) is 5.73. The summed E-state index contributed by atoms with van der Waals surface area (Å²) in [7, 11) is 0. The minimum atomic E-state index is -0.102. The highest BCUT2D eigenvalue weighted by Crippen LogP contribution is 2.34. The van der Waals surface area contributed by atoms with Crippen LogP contribution in [0.1, 0.15) is 73.8 Å². The molecule has 0 aliphatic carbocycles. The molecule has 6 rings (SSSR count). The lowest BCUT2D eigenvalue weighted by molar-refractivity contribution is 0.0766. The van der Waals surface area contributed by atoms with Crippen LogP contribution in [0.5, 0.6) is 0 Å². The average molecular weight is 616 g/mol. The number of hydrogen-bond acceptors (Lipinski definition) is 7. The minimum Gasteiger partial charge on any atom is -0.421 e. The van der Waals surface area contributed by atoms with E-state index in [9.17, 15) is 10.1 Å². The summed E-state index contributed by atoms with van der Waals surface area (Å²) >= 11 is 0. The van der Waals surface area contributed by atoms with E-state index in [1.165, 1.54) is 5.56 Å². The number of carbonyl (C=O) groups is 1. The Morgan fingerprint density at radius 2 is 1.83 bits per heavy atom. The second-order valence-corrected chi connectivity index (χ2v) is 11.4. The van der Waals surface area contributed by atoms with Crippen LogP contribution in [0.15, 0.2) is 71.1 Å². The second kappa shape index (κ2) is 15.9. The minimum absolute atomic E-state index is 0.0975. The molecule has 236 valence electrons. The first-order valence-electron chi connectivity index (χ1n) is 16.2. The molecular weight excluding hydrogens is 574 g/mol. The van der Waals surface area contributed by atoms with Crippen LogP contribution in [0, 0.1) is 23.2 Å². The first kappa shape index (κ1) is 32.5. The highest BCUT2D eigenvalue weighted by Gasteiger charge is 2.29. The first-order valence-corrected chi connectivity index (χ1v) is 16.2. The SMILES string of the molecule is CC#CC1CCCN1C(=O)c1cc(-c2nnc(CC)o2)cc(-c2cccc(NCC3CCCO3)c2C#N)c1.CCc1ccccc1. The number of ether oxygens (including phenoxy) is 1. The average Bonchev–Trinajstić information content (AvgIpc) is 3.90. The highest BCUT2D eigenvalue weighted by molar-refractivity contribution is 5.98. The Morgan fingerprint density at radius 1 is 1.00 bits per heavy atom. The van der Waals surface area contributed by atoms with Crippen LogP contribution < -0.4 is 5.32 Å². The predicted octanol–water partition coefficient (Wildman–Crippen LogP) is 7.31. The standard InChI is InChI=1S/C30H31N5O3.C8H10/c1-3-8-23-9-6-13-35(23)30(36)22-16-20(15-21(17-22)29-34-33-28(4-2)38-29)25-11-5-12-27(26(25)18-31)32-19-24-10-7-14-37-24;1-2-8-6-4-3-5-7-8/h5,11-12,15-17,23-24,32H,4,6-7,9-10,13-14,19H2,1-2H3;3-7H,2H2,1H3. The fourth-order valence-electron chi connectivity index (χ4n) is 5.84. The zero-order valence-electron chi connectivity index (χ0n) is 26.9. The Labute approximate surface area is 271 Å². The normalized spacial score (nSPS) is 17.0. The number of rotatable bonds is 8. The third-order valence-corrected chi connectivity index (χ3v) is 8.30. The molecular formula is C38H41N5O3. The molecule has 1 aromatic heterocycles. The van der Waals surface area contributed by atoms with Crippen molar-refractivity contribution in [1.82, 2.24) is 15.1 Å². The van der Waals surface area contributed by atoms with E-state index >= 15 is 0 Å². The molecule has 2 atom stereocenters. The molecule has 3 heterocycles. The molecule has 2 aliphatic heterocycles. The second-order valence-electron chi connectivity index (χ2n) is 11.4. The van der Waals surface area contributed by atoms with E-state index in [4.69, 9.17) is 9.15 Å². The summed E-state index contributed by atoms with van der Waals surface area (Å²) in [4.78, 5) is 15.6. The quantitative estimate of drug-likeness (QED) is 0.207. The van der Waals surface area contributed by atoms with Crippen LogP contribution in [-0.4, -0.2) is 52.8 Å². The summed E-state index contributed by atoms with van der Waals surface area (Å²) < 4.78 is 11.6. The van der Waals surface area contributed by atoms with E-state index in [0.717, 1.165) is 55.5 Å². The Balaban J connectivity index is 0.000000455. The number of nitriles is 1. The molecule has 1 N–H and O–H groups in total. The zero-order valence-corrected chi connectivity index (χ0v) is 26.9. The highest BCUT2D eigenvalue weighted by atomic mass is 16.5. The molecule has 0 bridgehead atoms. The molecule has 2 fully saturated rings. The summed E-state index contributed by atoms with van der Waals surface area (Å²) in [5, 5.41) is 21.9. The van der Waals surface area contributed by atoms with E-state index in [1.54, 1.807) is 13.0 Å². The van der Waals surface area contributed by atoms with Gasteiger partial charge in [0.15, 0.2) is 0 Å². The van der Waals surface area contributed by atoms with E-state index < -0.39 is 0 Å². The molecule has 0 saturated carbocycles. The van der Waals surface area contributed by atoms with Crippen LogP contribution in [0.4, 0.5) is 5.69 Å². The smallest absolute Gasteiger partial charge is 0.254 e. The number of aryl methyl sites for hydroxylation is 2. The van der Waals surface area contributed by atoms with Gasteiger partial charge in [0.25, 0.3) is 5.91 Å². The number of hydrogen-bond donors (Lipinski definition) is 1. The molecule has 2 aliphatic rings. The number of carbonyl (C=O) groups excluding carboxylic acids is 1. The first-order chi connectivity index (χ1) is 22.5. The van der Waals surface area contributed by atoms with Crippen LogP contribution >= 0.6 is 0 Å². The summed E-state index contributed by atoms with van der Waals surface area (Å²) in [6.45, 7) is 7.97. The molecule has 8 heteroatoms. The van der Waals surface area contributed by atoms with Crippen molar-refractivity contribution in [1.29, 1.82) is 5.26 Å². The van der Waals surface area contributed by atoms with Gasteiger partial charge in [-0.2, -0.15) is 5.26 Å². The lowest BCUT2D eigenvalue weighted by atomic mass is 9.94. The van der Waals surface area contributed by atoms with Crippen LogP contribution in [0.2, 0.25) is 0 Å². The molecule has 8 nitrogen and oxygen atoms in total. The number of nitrogens with zero attached hydrogens (tertiary/aromatic N) is 4. The van der Waals surface area contributed by atoms with Crippen molar-refractivity contribution in [2.75, 3.05) is 25.0 Å². The van der Waals surface area contributed by atoms with Crippen molar-refractivity contribution in [3.05, 3.63) is 89.3 Å². The molecule has 0 spiro atoms. The van der Waals surface area contributed by atoms with Gasteiger partial charge in [0, 0.05) is 42.8 Å². The lowest BCUT2D eigenvalue weighted by Gasteiger charge is -2.21. The maximum atomic E-state index is 13.7. The van der Waals surface area contributed by atoms with Gasteiger partial charge in [-0.3, -0.25) is 4.79 Å². The number of likely N-dealkylation sites (tertiary alicyclic amines) is 1. The van der Waals surface area contributed by atoms with Gasteiger partial charge in [0.2, 0.25) is 11.8 Å². The fraction of sp³-hybridized carbons (Fsp3) is 0.368. The van der Waals surface area contributed by atoms with E-state index in [-0.39, 0.29) is 18.1 Å². The number of nitrogens with one attached hydrogen (secondary N) is 1. The number of anilines is 1. The van der Waals surface area contributed by atoms with Crippen LogP contribution in [0.3, 0.4) is 0 Å². The third kappa shape index (κ3) is 7.83. The zero-order chi connectivity index (χ0) is 32.3. The van der Waals surface area contributed by atoms with Crippen molar-refractivity contribution in [2.45, 2.75) is 71.4 Å². The van der Waals surface area contributed by atoms with Gasteiger partial charge in [0.1, 0.15) is 6.07 Å².